The SMILES string of the molecule is O=C(CN1C(=O)c2ccccc2S1(=O)=O)Nc1nc(-c2ccc(F)cc2)cs1. The van der Waals surface area contributed by atoms with E-state index in [1.807, 2.05) is 0 Å². The number of rotatable bonds is 4. The highest BCUT2D eigenvalue weighted by Crippen LogP contribution is 2.30. The van der Waals surface area contributed by atoms with Crippen LogP contribution in [0.5, 0.6) is 0 Å². The van der Waals surface area contributed by atoms with Crippen LogP contribution < -0.4 is 5.32 Å². The summed E-state index contributed by atoms with van der Waals surface area (Å²) < 4.78 is 38.5. The maximum Gasteiger partial charge on any atom is 0.269 e. The number of carbonyl (C=O) groups excluding carboxylic acids is 2. The fourth-order valence-corrected chi connectivity index (χ4v) is 5.02. The van der Waals surface area contributed by atoms with Crippen molar-refractivity contribution in [1.29, 1.82) is 0 Å². The van der Waals surface area contributed by atoms with Gasteiger partial charge in [-0.3, -0.25) is 9.59 Å². The minimum Gasteiger partial charge on any atom is -0.300 e. The van der Waals surface area contributed by atoms with Crippen LogP contribution in [0.4, 0.5) is 9.52 Å². The molecule has 0 atom stereocenters. The van der Waals surface area contributed by atoms with Crippen LogP contribution in [0, 0.1) is 5.82 Å². The molecule has 0 saturated carbocycles. The zero-order valence-corrected chi connectivity index (χ0v) is 15.8. The molecule has 1 aliphatic rings. The van der Waals surface area contributed by atoms with Crippen LogP contribution in [0.1, 0.15) is 10.4 Å². The molecule has 2 amide bonds. The van der Waals surface area contributed by atoms with Crippen molar-refractivity contribution < 1.29 is 22.4 Å². The molecule has 2 heterocycles. The lowest BCUT2D eigenvalue weighted by Crippen LogP contribution is -2.37. The Morgan fingerprint density at radius 3 is 2.57 bits per heavy atom. The van der Waals surface area contributed by atoms with Crippen molar-refractivity contribution in [3.05, 3.63) is 65.3 Å². The van der Waals surface area contributed by atoms with Gasteiger partial charge in [0.1, 0.15) is 17.3 Å². The number of nitrogens with one attached hydrogen (secondary N) is 1. The highest BCUT2D eigenvalue weighted by atomic mass is 32.2. The van der Waals surface area contributed by atoms with E-state index in [1.165, 1.54) is 30.3 Å². The predicted molar refractivity (Wildman–Crippen MR) is 101 cm³/mol. The second kappa shape index (κ2) is 6.80. The van der Waals surface area contributed by atoms with E-state index in [4.69, 9.17) is 0 Å². The Morgan fingerprint density at radius 1 is 1.14 bits per heavy atom. The lowest BCUT2D eigenvalue weighted by molar-refractivity contribution is -0.116. The quantitative estimate of drug-likeness (QED) is 0.704. The summed E-state index contributed by atoms with van der Waals surface area (Å²) in [6.45, 7) is -0.651. The summed E-state index contributed by atoms with van der Waals surface area (Å²) in [5.74, 6) is -1.80. The van der Waals surface area contributed by atoms with E-state index in [2.05, 4.69) is 10.3 Å². The first-order valence-corrected chi connectivity index (χ1v) is 10.4. The van der Waals surface area contributed by atoms with Gasteiger partial charge in [0.05, 0.1) is 11.3 Å². The molecule has 4 rings (SSSR count). The van der Waals surface area contributed by atoms with Crippen LogP contribution in [0.25, 0.3) is 11.3 Å². The van der Waals surface area contributed by atoms with E-state index in [0.29, 0.717) is 15.6 Å². The summed E-state index contributed by atoms with van der Waals surface area (Å²) in [4.78, 5) is 28.8. The summed E-state index contributed by atoms with van der Waals surface area (Å²) >= 11 is 1.13. The average molecular weight is 417 g/mol. The van der Waals surface area contributed by atoms with Crippen molar-refractivity contribution in [3.63, 3.8) is 0 Å². The number of nitrogens with zero attached hydrogens (tertiary/aromatic N) is 2. The van der Waals surface area contributed by atoms with E-state index >= 15 is 0 Å². The number of anilines is 1. The third-order valence-corrected chi connectivity index (χ3v) is 6.63. The number of benzene rings is 2. The fraction of sp³-hybridized carbons (Fsp3) is 0.0556. The molecule has 0 saturated heterocycles. The third-order valence-electron chi connectivity index (χ3n) is 4.09. The van der Waals surface area contributed by atoms with Gasteiger partial charge >= 0.3 is 0 Å². The van der Waals surface area contributed by atoms with Crippen molar-refractivity contribution in [2.24, 2.45) is 0 Å². The molecule has 0 fully saturated rings. The zero-order valence-electron chi connectivity index (χ0n) is 14.1. The van der Waals surface area contributed by atoms with E-state index in [0.717, 1.165) is 11.3 Å². The van der Waals surface area contributed by atoms with Gasteiger partial charge in [-0.2, -0.15) is 0 Å². The molecule has 0 spiro atoms. The summed E-state index contributed by atoms with van der Waals surface area (Å²) in [6, 6.07) is 11.5. The van der Waals surface area contributed by atoms with Gasteiger partial charge in [0, 0.05) is 10.9 Å². The Bertz CT molecular complexity index is 1190. The standard InChI is InChI=1S/C18H12FN3O4S2/c19-12-7-5-11(6-8-12)14-10-27-18(20-14)21-16(23)9-22-17(24)13-3-1-2-4-15(13)28(22,25)26/h1-8,10H,9H2,(H,20,21,23). The molecular weight excluding hydrogens is 405 g/mol. The number of aromatic nitrogens is 1. The lowest BCUT2D eigenvalue weighted by Gasteiger charge is -2.13. The number of hydrogen-bond acceptors (Lipinski definition) is 6. The van der Waals surface area contributed by atoms with E-state index in [9.17, 15) is 22.4 Å². The first-order valence-electron chi connectivity index (χ1n) is 8.04. The van der Waals surface area contributed by atoms with Gasteiger partial charge in [-0.05, 0) is 36.4 Å². The van der Waals surface area contributed by atoms with Gasteiger partial charge in [-0.25, -0.2) is 22.1 Å². The van der Waals surface area contributed by atoms with Crippen molar-refractivity contribution in [2.45, 2.75) is 4.90 Å². The Balaban J connectivity index is 1.49. The third kappa shape index (κ3) is 3.16. The van der Waals surface area contributed by atoms with Crippen molar-refractivity contribution in [1.82, 2.24) is 9.29 Å². The van der Waals surface area contributed by atoms with Gasteiger partial charge in [-0.15, -0.1) is 11.3 Å². The summed E-state index contributed by atoms with van der Waals surface area (Å²) in [5.41, 5.74) is 1.26. The monoisotopic (exact) mass is 417 g/mol. The number of hydrogen-bond donors (Lipinski definition) is 1. The number of halogens is 1. The predicted octanol–water partition coefficient (Wildman–Crippen LogP) is 2.73. The molecule has 0 unspecified atom stereocenters. The second-order valence-electron chi connectivity index (χ2n) is 5.91. The highest BCUT2D eigenvalue weighted by molar-refractivity contribution is 7.90. The molecule has 1 aromatic heterocycles. The molecule has 3 aromatic rings. The number of fused-ring (bicyclic) bond motifs is 1. The molecule has 0 aliphatic carbocycles. The second-order valence-corrected chi connectivity index (χ2v) is 8.59. The highest BCUT2D eigenvalue weighted by Gasteiger charge is 2.41. The molecule has 1 N–H and O–H groups in total. The largest absolute Gasteiger partial charge is 0.300 e. The molecule has 142 valence electrons. The average Bonchev–Trinajstić information content (AvgIpc) is 3.20. The van der Waals surface area contributed by atoms with Crippen molar-refractivity contribution >= 4 is 38.3 Å². The fourth-order valence-electron chi connectivity index (χ4n) is 2.76. The number of sulfonamides is 1. The van der Waals surface area contributed by atoms with Gasteiger partial charge in [-0.1, -0.05) is 12.1 Å². The zero-order chi connectivity index (χ0) is 19.9. The summed E-state index contributed by atoms with van der Waals surface area (Å²) in [5, 5.41) is 4.41. The smallest absolute Gasteiger partial charge is 0.269 e. The van der Waals surface area contributed by atoms with Crippen LogP contribution in [0.15, 0.2) is 58.8 Å². The Morgan fingerprint density at radius 2 is 1.86 bits per heavy atom. The van der Waals surface area contributed by atoms with Gasteiger partial charge < -0.3 is 5.32 Å². The molecule has 2 aromatic carbocycles. The van der Waals surface area contributed by atoms with Gasteiger partial charge in [0.2, 0.25) is 5.91 Å². The number of thiazole rings is 1. The van der Waals surface area contributed by atoms with Crippen LogP contribution in [0.3, 0.4) is 0 Å². The normalized spacial score (nSPS) is 14.8. The van der Waals surface area contributed by atoms with E-state index < -0.39 is 28.4 Å². The van der Waals surface area contributed by atoms with E-state index in [-0.39, 0.29) is 21.4 Å². The number of amides is 2. The molecule has 1 aliphatic heterocycles. The van der Waals surface area contributed by atoms with Gasteiger partial charge in [0.15, 0.2) is 5.13 Å². The lowest BCUT2D eigenvalue weighted by atomic mass is 10.2. The van der Waals surface area contributed by atoms with Crippen molar-refractivity contribution in [2.75, 3.05) is 11.9 Å². The molecule has 7 nitrogen and oxygen atoms in total. The minimum absolute atomic E-state index is 0.0446. The molecule has 10 heteroatoms. The Labute approximate surface area is 163 Å². The number of carbonyl (C=O) groups is 2. The molecule has 28 heavy (non-hydrogen) atoms. The van der Waals surface area contributed by atoms with Crippen LogP contribution in [0.2, 0.25) is 0 Å². The molecule has 0 bridgehead atoms. The Kier molecular flexibility index (Phi) is 4.44. The van der Waals surface area contributed by atoms with Crippen LogP contribution >= 0.6 is 11.3 Å². The maximum absolute atomic E-state index is 13.0. The minimum atomic E-state index is -4.05. The summed E-state index contributed by atoms with van der Waals surface area (Å²) in [6.07, 6.45) is 0. The molecular formula is C18H12FN3O4S2. The maximum atomic E-state index is 13.0. The first-order chi connectivity index (χ1) is 13.4. The molecule has 0 radical (unpaired) electrons. The van der Waals surface area contributed by atoms with Crippen molar-refractivity contribution in [3.8, 4) is 11.3 Å². The van der Waals surface area contributed by atoms with Crippen LogP contribution in [-0.2, 0) is 14.8 Å². The van der Waals surface area contributed by atoms with Crippen LogP contribution in [-0.4, -0.2) is 36.1 Å². The summed E-state index contributed by atoms with van der Waals surface area (Å²) in [7, 11) is -4.05. The Hall–Kier alpha value is -3.11. The first kappa shape index (κ1) is 18.3. The topological polar surface area (TPSA) is 96.4 Å². The van der Waals surface area contributed by atoms with E-state index in [1.54, 1.807) is 23.6 Å². The van der Waals surface area contributed by atoms with Gasteiger partial charge in [0.25, 0.3) is 15.9 Å².